The molecule has 2 aliphatic rings. The number of carbonyl (C=O) groups excluding carboxylic acids is 1. The third-order valence-corrected chi connectivity index (χ3v) is 14.7. The number of nitrogens with one attached hydrogen (secondary N) is 1. The lowest BCUT2D eigenvalue weighted by Crippen LogP contribution is -2.65. The molecular formula is C62H111NO13. The van der Waals surface area contributed by atoms with Crippen LogP contribution in [0.1, 0.15) is 232 Å². The molecule has 2 fully saturated rings. The van der Waals surface area contributed by atoms with Gasteiger partial charge in [-0.2, -0.15) is 0 Å². The highest BCUT2D eigenvalue weighted by Gasteiger charge is 2.51. The zero-order valence-electron chi connectivity index (χ0n) is 47.5. The third-order valence-electron chi connectivity index (χ3n) is 14.7. The quantitative estimate of drug-likeness (QED) is 0.0204. The van der Waals surface area contributed by atoms with E-state index in [0.29, 0.717) is 12.8 Å². The first kappa shape index (κ1) is 69.8. The highest BCUT2D eigenvalue weighted by atomic mass is 16.7. The van der Waals surface area contributed by atoms with Crippen molar-refractivity contribution in [1.29, 1.82) is 0 Å². The fourth-order valence-electron chi connectivity index (χ4n) is 9.79. The first-order valence-corrected chi connectivity index (χ1v) is 30.5. The van der Waals surface area contributed by atoms with Gasteiger partial charge in [-0.3, -0.25) is 4.79 Å². The number of aliphatic hydroxyl groups is 8. The van der Waals surface area contributed by atoms with Gasteiger partial charge >= 0.3 is 0 Å². The Morgan fingerprint density at radius 2 is 0.921 bits per heavy atom. The standard InChI is InChI=1S/C62H111NO13/c1-3-5-7-9-11-13-15-17-18-19-20-21-22-23-24-25-26-27-28-29-30-31-32-34-35-37-39-41-43-45-51(66)50(63-54(67)46-44-42-40-38-36-33-16-14-12-10-8-6-4-2)49-73-61-59(72)57(70)60(53(48-65)75-61)76-62-58(71)56(69)55(68)52(47-64)74-62/h6,8,12,14,33,35-37,43,45,50-53,55-62,64-66,68-72H,3-5,7,9-11,13,15-32,34,38-42,44,46-49H2,1-2H3,(H,63,67)/b8-6-,14-12-,36-33-,37-35+,45-43+. The zero-order valence-corrected chi connectivity index (χ0v) is 47.5. The molecule has 0 radical (unpaired) electrons. The minimum atomic E-state index is -1.80. The van der Waals surface area contributed by atoms with Crippen LogP contribution in [0.25, 0.3) is 0 Å². The molecule has 76 heavy (non-hydrogen) atoms. The monoisotopic (exact) mass is 1080 g/mol. The lowest BCUT2D eigenvalue weighted by molar-refractivity contribution is -0.359. The molecule has 2 aliphatic heterocycles. The molecule has 2 saturated heterocycles. The van der Waals surface area contributed by atoms with Crippen molar-refractivity contribution >= 4 is 5.91 Å². The maximum absolute atomic E-state index is 13.2. The summed E-state index contributed by atoms with van der Waals surface area (Å²) in [5.74, 6) is -0.279. The summed E-state index contributed by atoms with van der Waals surface area (Å²) in [6.45, 7) is 2.64. The van der Waals surface area contributed by atoms with Crippen molar-refractivity contribution in [3.8, 4) is 0 Å². The summed E-state index contributed by atoms with van der Waals surface area (Å²) in [4.78, 5) is 13.2. The Bertz CT molecular complexity index is 1510. The van der Waals surface area contributed by atoms with Gasteiger partial charge in [0.25, 0.3) is 0 Å². The van der Waals surface area contributed by atoms with Crippen molar-refractivity contribution in [2.75, 3.05) is 19.8 Å². The smallest absolute Gasteiger partial charge is 0.220 e. The largest absolute Gasteiger partial charge is 0.394 e. The topological polar surface area (TPSA) is 228 Å². The van der Waals surface area contributed by atoms with Crippen molar-refractivity contribution in [3.05, 3.63) is 60.8 Å². The number of allylic oxidation sites excluding steroid dienone is 9. The van der Waals surface area contributed by atoms with E-state index in [2.05, 4.69) is 67.8 Å². The molecule has 14 heteroatoms. The van der Waals surface area contributed by atoms with Crippen LogP contribution in [0.3, 0.4) is 0 Å². The molecule has 442 valence electrons. The highest BCUT2D eigenvalue weighted by molar-refractivity contribution is 5.76. The van der Waals surface area contributed by atoms with Crippen LogP contribution in [0.4, 0.5) is 0 Å². The predicted octanol–water partition coefficient (Wildman–Crippen LogP) is 10.6. The van der Waals surface area contributed by atoms with Gasteiger partial charge in [0, 0.05) is 6.42 Å². The fraction of sp³-hybridized carbons (Fsp3) is 0.823. The maximum atomic E-state index is 13.2. The number of unbranched alkanes of at least 4 members (excludes halogenated alkanes) is 27. The van der Waals surface area contributed by atoms with Gasteiger partial charge in [0.15, 0.2) is 12.6 Å². The van der Waals surface area contributed by atoms with Gasteiger partial charge in [0.2, 0.25) is 5.91 Å². The molecule has 0 aromatic heterocycles. The van der Waals surface area contributed by atoms with Crippen molar-refractivity contribution in [3.63, 3.8) is 0 Å². The molecule has 2 rings (SSSR count). The minimum absolute atomic E-state index is 0.236. The molecule has 9 N–H and O–H groups in total. The molecule has 0 aromatic carbocycles. The number of ether oxygens (including phenoxy) is 4. The summed E-state index contributed by atoms with van der Waals surface area (Å²) >= 11 is 0. The second kappa shape index (κ2) is 47.5. The van der Waals surface area contributed by atoms with E-state index in [-0.39, 0.29) is 18.9 Å². The van der Waals surface area contributed by atoms with E-state index < -0.39 is 86.8 Å². The number of hydrogen-bond acceptors (Lipinski definition) is 13. The summed E-state index contributed by atoms with van der Waals surface area (Å²) in [7, 11) is 0. The van der Waals surface area contributed by atoms with E-state index in [1.807, 2.05) is 6.08 Å². The van der Waals surface area contributed by atoms with E-state index in [9.17, 15) is 45.6 Å². The lowest BCUT2D eigenvalue weighted by atomic mass is 9.97. The van der Waals surface area contributed by atoms with Crippen LogP contribution >= 0.6 is 0 Å². The number of rotatable bonds is 48. The molecule has 12 atom stereocenters. The second-order valence-electron chi connectivity index (χ2n) is 21.4. The third kappa shape index (κ3) is 32.7. The molecule has 0 saturated carbocycles. The number of amides is 1. The van der Waals surface area contributed by atoms with Crippen LogP contribution in [0, 0.1) is 0 Å². The average molecular weight is 1080 g/mol. The normalized spacial score (nSPS) is 25.3. The summed E-state index contributed by atoms with van der Waals surface area (Å²) < 4.78 is 22.7. The lowest BCUT2D eigenvalue weighted by Gasteiger charge is -2.46. The SMILES string of the molecule is CC/C=C\C/C=C\C/C=C\CCCCCC(=O)NC(COC1OC(CO)C(OC2OC(CO)C(O)C(O)C2O)C(O)C1O)C(O)/C=C/CC/C=C/CCCCCCCCCCCCCCCCCCCCCCCCC. The second-order valence-corrected chi connectivity index (χ2v) is 21.4. The molecule has 0 bridgehead atoms. The number of carbonyl (C=O) groups is 1. The maximum Gasteiger partial charge on any atom is 0.220 e. The van der Waals surface area contributed by atoms with Crippen LogP contribution in [0.15, 0.2) is 60.8 Å². The Balaban J connectivity index is 1.72. The van der Waals surface area contributed by atoms with Gasteiger partial charge in [-0.15, -0.1) is 0 Å². The highest BCUT2D eigenvalue weighted by Crippen LogP contribution is 2.30. The molecular weight excluding hydrogens is 967 g/mol. The van der Waals surface area contributed by atoms with Crippen molar-refractivity contribution in [2.45, 2.75) is 306 Å². The van der Waals surface area contributed by atoms with E-state index in [1.165, 1.54) is 148 Å². The molecule has 0 spiro atoms. The van der Waals surface area contributed by atoms with Crippen LogP contribution < -0.4 is 5.32 Å². The molecule has 12 unspecified atom stereocenters. The molecule has 2 heterocycles. The van der Waals surface area contributed by atoms with Gasteiger partial charge in [-0.05, 0) is 64.2 Å². The van der Waals surface area contributed by atoms with E-state index in [1.54, 1.807) is 6.08 Å². The van der Waals surface area contributed by atoms with E-state index in [4.69, 9.17) is 18.9 Å². The van der Waals surface area contributed by atoms with Gasteiger partial charge < -0.3 is 65.1 Å². The molecule has 14 nitrogen and oxygen atoms in total. The molecule has 0 aliphatic carbocycles. The van der Waals surface area contributed by atoms with Crippen LogP contribution in [0.5, 0.6) is 0 Å². The minimum Gasteiger partial charge on any atom is -0.394 e. The fourth-order valence-corrected chi connectivity index (χ4v) is 9.79. The van der Waals surface area contributed by atoms with Gasteiger partial charge in [-0.1, -0.05) is 222 Å². The average Bonchev–Trinajstić information content (AvgIpc) is 3.42. The predicted molar refractivity (Wildman–Crippen MR) is 304 cm³/mol. The summed E-state index contributed by atoms with van der Waals surface area (Å²) in [6, 6.07) is -0.949. The van der Waals surface area contributed by atoms with Gasteiger partial charge in [-0.25, -0.2) is 0 Å². The number of hydrogen-bond donors (Lipinski definition) is 9. The van der Waals surface area contributed by atoms with Crippen molar-refractivity contribution in [2.24, 2.45) is 0 Å². The van der Waals surface area contributed by atoms with Crippen LogP contribution in [-0.4, -0.2) is 140 Å². The molecule has 1 amide bonds. The summed E-state index contributed by atoms with van der Waals surface area (Å²) in [5.41, 5.74) is 0. The Kier molecular flexibility index (Phi) is 43.6. The Hall–Kier alpha value is -2.31. The van der Waals surface area contributed by atoms with E-state index in [0.717, 1.165) is 51.4 Å². The Labute approximate surface area is 460 Å². The Morgan fingerprint density at radius 3 is 1.45 bits per heavy atom. The van der Waals surface area contributed by atoms with E-state index >= 15 is 0 Å². The van der Waals surface area contributed by atoms with Gasteiger partial charge in [0.05, 0.1) is 32.0 Å². The summed E-state index contributed by atoms with van der Waals surface area (Å²) in [6.07, 6.45) is 44.4. The van der Waals surface area contributed by atoms with Crippen LogP contribution in [0.2, 0.25) is 0 Å². The first-order valence-electron chi connectivity index (χ1n) is 30.5. The zero-order chi connectivity index (χ0) is 55.3. The van der Waals surface area contributed by atoms with Crippen LogP contribution in [-0.2, 0) is 23.7 Å². The molecule has 0 aromatic rings. The van der Waals surface area contributed by atoms with Gasteiger partial charge in [0.1, 0.15) is 48.8 Å². The van der Waals surface area contributed by atoms with Crippen molar-refractivity contribution in [1.82, 2.24) is 5.32 Å². The number of aliphatic hydroxyl groups excluding tert-OH is 8. The van der Waals surface area contributed by atoms with Crippen molar-refractivity contribution < 1.29 is 64.6 Å². The first-order chi connectivity index (χ1) is 37.1. The summed E-state index contributed by atoms with van der Waals surface area (Å²) in [5, 5.41) is 87.0. The Morgan fingerprint density at radius 1 is 0.487 bits per heavy atom.